The fourth-order valence-corrected chi connectivity index (χ4v) is 3.94. The van der Waals surface area contributed by atoms with Gasteiger partial charge in [-0.2, -0.15) is 0 Å². The van der Waals surface area contributed by atoms with Crippen LogP contribution in [0.5, 0.6) is 0 Å². The van der Waals surface area contributed by atoms with Crippen molar-refractivity contribution >= 4 is 28.0 Å². The Morgan fingerprint density at radius 2 is 2.04 bits per heavy atom. The van der Waals surface area contributed by atoms with Crippen molar-refractivity contribution in [1.29, 1.82) is 0 Å². The number of carbonyl (C=O) groups is 1. The van der Waals surface area contributed by atoms with Crippen LogP contribution in [0.25, 0.3) is 22.1 Å². The van der Waals surface area contributed by atoms with E-state index in [4.69, 9.17) is 0 Å². The van der Waals surface area contributed by atoms with E-state index in [0.29, 0.717) is 6.54 Å². The minimum atomic E-state index is 0.105. The van der Waals surface area contributed by atoms with Crippen molar-refractivity contribution in [3.8, 4) is 0 Å². The Balaban J connectivity index is 1.50. The van der Waals surface area contributed by atoms with Crippen molar-refractivity contribution in [3.05, 3.63) is 60.7 Å². The first-order valence-electron chi connectivity index (χ1n) is 8.94. The average Bonchev–Trinajstić information content (AvgIpc) is 3.34. The molecule has 5 rings (SSSR count). The lowest BCUT2D eigenvalue weighted by atomic mass is 10.0. The predicted octanol–water partition coefficient (Wildman–Crippen LogP) is 3.39. The highest BCUT2D eigenvalue weighted by atomic mass is 16.2. The van der Waals surface area contributed by atoms with Crippen molar-refractivity contribution in [1.82, 2.24) is 24.4 Å². The van der Waals surface area contributed by atoms with Gasteiger partial charge in [0.15, 0.2) is 0 Å². The molecule has 0 bridgehead atoms. The molecule has 4 heterocycles. The van der Waals surface area contributed by atoms with E-state index in [-0.39, 0.29) is 11.9 Å². The summed E-state index contributed by atoms with van der Waals surface area (Å²) in [6.07, 6.45) is 7.63. The molecule has 1 aromatic carbocycles. The highest BCUT2D eigenvalue weighted by Gasteiger charge is 2.27. The third-order valence-electron chi connectivity index (χ3n) is 5.22. The summed E-state index contributed by atoms with van der Waals surface area (Å²) in [5.74, 6) is 0.105. The van der Waals surface area contributed by atoms with Crippen LogP contribution in [-0.4, -0.2) is 43.4 Å². The number of hydrogen-bond acceptors (Lipinski definition) is 3. The molecular weight excluding hydrogens is 326 g/mol. The maximum Gasteiger partial charge on any atom is 0.253 e. The summed E-state index contributed by atoms with van der Waals surface area (Å²) in [5.41, 5.74) is 3.60. The molecule has 1 unspecified atom stereocenters. The number of nitrogens with zero attached hydrogens (tertiary/aromatic N) is 4. The van der Waals surface area contributed by atoms with E-state index in [2.05, 4.69) is 19.5 Å². The molecule has 1 aliphatic rings. The zero-order valence-electron chi connectivity index (χ0n) is 14.3. The molecular formula is C20H19N5O. The molecule has 6 heteroatoms. The quantitative estimate of drug-likeness (QED) is 0.605. The van der Waals surface area contributed by atoms with E-state index < -0.39 is 0 Å². The Kier molecular flexibility index (Phi) is 3.48. The maximum absolute atomic E-state index is 12.8. The molecule has 0 radical (unpaired) electrons. The van der Waals surface area contributed by atoms with Gasteiger partial charge >= 0.3 is 0 Å². The maximum atomic E-state index is 12.8. The number of likely N-dealkylation sites (tertiary alicyclic amines) is 1. The Morgan fingerprint density at radius 1 is 1.15 bits per heavy atom. The molecule has 1 N–H and O–H groups in total. The van der Waals surface area contributed by atoms with Gasteiger partial charge in [0.2, 0.25) is 0 Å². The monoisotopic (exact) mass is 345 g/mol. The summed E-state index contributed by atoms with van der Waals surface area (Å²) in [5, 5.41) is 1.08. The second-order valence-electron chi connectivity index (χ2n) is 6.80. The SMILES string of the molecule is O=C(c1ccccc1)N1CCCC(n2cnc3cnc4[nH]ccc4c32)C1. The van der Waals surface area contributed by atoms with Crippen LogP contribution in [0.3, 0.4) is 0 Å². The molecule has 4 aromatic rings. The number of benzene rings is 1. The van der Waals surface area contributed by atoms with Gasteiger partial charge in [-0.3, -0.25) is 4.79 Å². The summed E-state index contributed by atoms with van der Waals surface area (Å²) in [7, 11) is 0. The second-order valence-corrected chi connectivity index (χ2v) is 6.80. The average molecular weight is 345 g/mol. The number of aromatic nitrogens is 4. The summed E-state index contributed by atoms with van der Waals surface area (Å²) in [4.78, 5) is 26.9. The van der Waals surface area contributed by atoms with Crippen molar-refractivity contribution < 1.29 is 4.79 Å². The molecule has 0 saturated carbocycles. The van der Waals surface area contributed by atoms with Gasteiger partial charge < -0.3 is 14.5 Å². The van der Waals surface area contributed by atoms with Gasteiger partial charge in [0.25, 0.3) is 5.91 Å². The summed E-state index contributed by atoms with van der Waals surface area (Å²) in [6.45, 7) is 1.51. The summed E-state index contributed by atoms with van der Waals surface area (Å²) in [6, 6.07) is 11.8. The number of hydrogen-bond donors (Lipinski definition) is 1. The first-order valence-corrected chi connectivity index (χ1v) is 8.94. The molecule has 3 aromatic heterocycles. The van der Waals surface area contributed by atoms with E-state index >= 15 is 0 Å². The predicted molar refractivity (Wildman–Crippen MR) is 100 cm³/mol. The lowest BCUT2D eigenvalue weighted by Gasteiger charge is -2.33. The Hall–Kier alpha value is -3.15. The van der Waals surface area contributed by atoms with E-state index in [9.17, 15) is 4.79 Å². The highest BCUT2D eigenvalue weighted by Crippen LogP contribution is 2.29. The standard InChI is InChI=1S/C20H19N5O/c26-20(14-5-2-1-3-6-14)24-10-4-7-15(12-24)25-13-23-17-11-22-19-16(18(17)25)8-9-21-19/h1-3,5-6,8-9,11,13,15H,4,7,10,12H2,(H,21,22). The number of amides is 1. The number of fused-ring (bicyclic) bond motifs is 3. The minimum absolute atomic E-state index is 0.105. The van der Waals surface area contributed by atoms with Gasteiger partial charge in [-0.1, -0.05) is 18.2 Å². The number of aromatic amines is 1. The Morgan fingerprint density at radius 3 is 2.92 bits per heavy atom. The fraction of sp³-hybridized carbons (Fsp3) is 0.250. The minimum Gasteiger partial charge on any atom is -0.346 e. The lowest BCUT2D eigenvalue weighted by Crippen LogP contribution is -2.40. The number of rotatable bonds is 2. The molecule has 6 nitrogen and oxygen atoms in total. The molecule has 26 heavy (non-hydrogen) atoms. The van der Waals surface area contributed by atoms with Gasteiger partial charge in [-0.25, -0.2) is 9.97 Å². The van der Waals surface area contributed by atoms with Crippen LogP contribution in [0.4, 0.5) is 0 Å². The van der Waals surface area contributed by atoms with Crippen LogP contribution in [0.2, 0.25) is 0 Å². The molecule has 0 spiro atoms. The normalized spacial score (nSPS) is 17.8. The molecule has 1 atom stereocenters. The molecule has 1 fully saturated rings. The van der Waals surface area contributed by atoms with E-state index in [1.54, 1.807) is 6.20 Å². The highest BCUT2D eigenvalue weighted by molar-refractivity contribution is 6.01. The number of pyridine rings is 1. The van der Waals surface area contributed by atoms with Crippen molar-refractivity contribution in [2.75, 3.05) is 13.1 Å². The van der Waals surface area contributed by atoms with Crippen LogP contribution in [0.1, 0.15) is 29.2 Å². The molecule has 1 saturated heterocycles. The Bertz CT molecular complexity index is 1080. The van der Waals surface area contributed by atoms with Gasteiger partial charge in [0.1, 0.15) is 11.2 Å². The number of imidazole rings is 1. The molecule has 1 amide bonds. The van der Waals surface area contributed by atoms with E-state index in [1.165, 1.54) is 0 Å². The van der Waals surface area contributed by atoms with E-state index in [0.717, 1.165) is 47.0 Å². The summed E-state index contributed by atoms with van der Waals surface area (Å²) < 4.78 is 2.22. The number of piperidine rings is 1. The largest absolute Gasteiger partial charge is 0.346 e. The van der Waals surface area contributed by atoms with Gasteiger partial charge in [-0.15, -0.1) is 0 Å². The first kappa shape index (κ1) is 15.1. The van der Waals surface area contributed by atoms with Gasteiger partial charge in [0.05, 0.1) is 24.1 Å². The second kappa shape index (κ2) is 5.98. The lowest BCUT2D eigenvalue weighted by molar-refractivity contribution is 0.0681. The zero-order valence-corrected chi connectivity index (χ0v) is 14.3. The topological polar surface area (TPSA) is 66.8 Å². The van der Waals surface area contributed by atoms with Gasteiger partial charge in [-0.05, 0) is 31.0 Å². The first-order chi connectivity index (χ1) is 12.8. The Labute approximate surface area is 150 Å². The summed E-state index contributed by atoms with van der Waals surface area (Å²) >= 11 is 0. The third-order valence-corrected chi connectivity index (χ3v) is 5.22. The van der Waals surface area contributed by atoms with Crippen LogP contribution in [0, 0.1) is 0 Å². The van der Waals surface area contributed by atoms with Crippen LogP contribution >= 0.6 is 0 Å². The third kappa shape index (κ3) is 2.37. The number of nitrogens with one attached hydrogen (secondary N) is 1. The molecule has 130 valence electrons. The van der Waals surface area contributed by atoms with Crippen molar-refractivity contribution in [2.45, 2.75) is 18.9 Å². The van der Waals surface area contributed by atoms with E-state index in [1.807, 2.05) is 53.8 Å². The van der Waals surface area contributed by atoms with Crippen molar-refractivity contribution in [2.24, 2.45) is 0 Å². The van der Waals surface area contributed by atoms with Crippen molar-refractivity contribution in [3.63, 3.8) is 0 Å². The smallest absolute Gasteiger partial charge is 0.253 e. The molecule has 0 aliphatic carbocycles. The fourth-order valence-electron chi connectivity index (χ4n) is 3.94. The molecule has 1 aliphatic heterocycles. The zero-order chi connectivity index (χ0) is 17.5. The van der Waals surface area contributed by atoms with Crippen LogP contribution < -0.4 is 0 Å². The van der Waals surface area contributed by atoms with Gasteiger partial charge in [0, 0.05) is 30.2 Å². The van der Waals surface area contributed by atoms with Crippen LogP contribution in [0.15, 0.2) is 55.1 Å². The number of H-pyrrole nitrogens is 1. The number of carbonyl (C=O) groups excluding carboxylic acids is 1. The van der Waals surface area contributed by atoms with Crippen LogP contribution in [-0.2, 0) is 0 Å².